The molecule has 1 aromatic heterocycles. The SMILES string of the molecule is Cc1ccc(O[C@@H]2CCN(S(=O)(=O)c3cccc4ccccc34)C2)nc1. The summed E-state index contributed by atoms with van der Waals surface area (Å²) in [4.78, 5) is 4.59. The second-order valence-corrected chi connectivity index (χ2v) is 8.45. The van der Waals surface area contributed by atoms with Gasteiger partial charge in [0.1, 0.15) is 6.10 Å². The Morgan fingerprint density at radius 2 is 1.88 bits per heavy atom. The van der Waals surface area contributed by atoms with Crippen molar-refractivity contribution in [3.8, 4) is 5.88 Å². The normalized spacial score (nSPS) is 18.3. The van der Waals surface area contributed by atoms with E-state index in [-0.39, 0.29) is 6.10 Å². The number of benzene rings is 2. The van der Waals surface area contributed by atoms with Crippen molar-refractivity contribution in [2.45, 2.75) is 24.3 Å². The van der Waals surface area contributed by atoms with E-state index in [1.165, 1.54) is 4.31 Å². The van der Waals surface area contributed by atoms with Gasteiger partial charge in [-0.05, 0) is 30.4 Å². The summed E-state index contributed by atoms with van der Waals surface area (Å²) >= 11 is 0. The van der Waals surface area contributed by atoms with Crippen molar-refractivity contribution in [1.82, 2.24) is 9.29 Å². The van der Waals surface area contributed by atoms with E-state index in [1.54, 1.807) is 18.3 Å². The zero-order valence-electron chi connectivity index (χ0n) is 14.5. The van der Waals surface area contributed by atoms with Crippen molar-refractivity contribution in [2.24, 2.45) is 0 Å². The van der Waals surface area contributed by atoms with Gasteiger partial charge >= 0.3 is 0 Å². The van der Waals surface area contributed by atoms with Gasteiger partial charge in [-0.15, -0.1) is 0 Å². The van der Waals surface area contributed by atoms with Gasteiger partial charge in [-0.3, -0.25) is 0 Å². The Hall–Kier alpha value is -2.44. The molecule has 6 heteroatoms. The number of pyridine rings is 1. The first-order valence-electron chi connectivity index (χ1n) is 8.61. The lowest BCUT2D eigenvalue weighted by molar-refractivity contribution is 0.207. The van der Waals surface area contributed by atoms with Crippen LogP contribution in [-0.2, 0) is 10.0 Å². The van der Waals surface area contributed by atoms with E-state index in [4.69, 9.17) is 4.74 Å². The summed E-state index contributed by atoms with van der Waals surface area (Å²) in [5, 5.41) is 1.67. The van der Waals surface area contributed by atoms with Crippen molar-refractivity contribution < 1.29 is 13.2 Å². The zero-order chi connectivity index (χ0) is 18.1. The lowest BCUT2D eigenvalue weighted by atomic mass is 10.1. The minimum atomic E-state index is -3.56. The van der Waals surface area contributed by atoms with E-state index >= 15 is 0 Å². The first-order valence-corrected chi connectivity index (χ1v) is 10.1. The summed E-state index contributed by atoms with van der Waals surface area (Å²) in [5.74, 6) is 0.532. The Kier molecular flexibility index (Phi) is 4.38. The molecule has 0 saturated carbocycles. The highest BCUT2D eigenvalue weighted by molar-refractivity contribution is 7.89. The van der Waals surface area contributed by atoms with Crippen LogP contribution in [-0.4, -0.2) is 36.9 Å². The highest BCUT2D eigenvalue weighted by Crippen LogP contribution is 2.28. The summed E-state index contributed by atoms with van der Waals surface area (Å²) in [5.41, 5.74) is 1.06. The Bertz CT molecular complexity index is 1030. The lowest BCUT2D eigenvalue weighted by Crippen LogP contribution is -2.31. The topological polar surface area (TPSA) is 59.5 Å². The van der Waals surface area contributed by atoms with Crippen molar-refractivity contribution in [2.75, 3.05) is 13.1 Å². The number of aryl methyl sites for hydroxylation is 1. The van der Waals surface area contributed by atoms with Crippen molar-refractivity contribution in [3.63, 3.8) is 0 Å². The van der Waals surface area contributed by atoms with Crippen LogP contribution in [0.15, 0.2) is 65.7 Å². The minimum absolute atomic E-state index is 0.185. The maximum absolute atomic E-state index is 13.1. The monoisotopic (exact) mass is 368 g/mol. The van der Waals surface area contributed by atoms with Crippen LogP contribution in [0.1, 0.15) is 12.0 Å². The molecule has 0 radical (unpaired) electrons. The molecule has 3 aromatic rings. The van der Waals surface area contributed by atoms with E-state index in [0.717, 1.165) is 16.3 Å². The van der Waals surface area contributed by atoms with Crippen molar-refractivity contribution >= 4 is 20.8 Å². The van der Waals surface area contributed by atoms with E-state index in [1.807, 2.05) is 49.4 Å². The average Bonchev–Trinajstić information content (AvgIpc) is 3.12. The molecule has 26 heavy (non-hydrogen) atoms. The fourth-order valence-electron chi connectivity index (χ4n) is 3.27. The zero-order valence-corrected chi connectivity index (χ0v) is 15.3. The lowest BCUT2D eigenvalue weighted by Gasteiger charge is -2.18. The molecule has 1 atom stereocenters. The highest BCUT2D eigenvalue weighted by Gasteiger charge is 2.34. The summed E-state index contributed by atoms with van der Waals surface area (Å²) < 4.78 is 33.7. The van der Waals surface area contributed by atoms with Gasteiger partial charge in [0.2, 0.25) is 15.9 Å². The Labute approximate surface area is 153 Å². The predicted molar refractivity (Wildman–Crippen MR) is 101 cm³/mol. The number of hydrogen-bond acceptors (Lipinski definition) is 4. The molecule has 2 aromatic carbocycles. The minimum Gasteiger partial charge on any atom is -0.473 e. The second kappa shape index (κ2) is 6.70. The molecule has 1 saturated heterocycles. The van der Waals surface area contributed by atoms with Crippen LogP contribution in [0.2, 0.25) is 0 Å². The highest BCUT2D eigenvalue weighted by atomic mass is 32.2. The molecule has 1 fully saturated rings. The molecule has 1 aliphatic heterocycles. The first kappa shape index (κ1) is 17.0. The summed E-state index contributed by atoms with van der Waals surface area (Å²) in [6.07, 6.45) is 2.21. The first-order chi connectivity index (χ1) is 12.5. The van der Waals surface area contributed by atoms with Crippen LogP contribution in [0.4, 0.5) is 0 Å². The predicted octanol–water partition coefficient (Wildman–Crippen LogP) is 3.39. The van der Waals surface area contributed by atoms with Crippen molar-refractivity contribution in [1.29, 1.82) is 0 Å². The molecule has 0 aliphatic carbocycles. The van der Waals surface area contributed by atoms with Crippen LogP contribution in [0.25, 0.3) is 10.8 Å². The van der Waals surface area contributed by atoms with Gasteiger partial charge in [0.25, 0.3) is 0 Å². The molecular weight excluding hydrogens is 348 g/mol. The largest absolute Gasteiger partial charge is 0.473 e. The van der Waals surface area contributed by atoms with Gasteiger partial charge in [-0.25, -0.2) is 13.4 Å². The van der Waals surface area contributed by atoms with Crippen LogP contribution in [0.3, 0.4) is 0 Å². The van der Waals surface area contributed by atoms with E-state index in [2.05, 4.69) is 4.98 Å². The van der Waals surface area contributed by atoms with Gasteiger partial charge < -0.3 is 4.74 Å². The fourth-order valence-corrected chi connectivity index (χ4v) is 4.97. The number of rotatable bonds is 4. The summed E-state index contributed by atoms with van der Waals surface area (Å²) in [6.45, 7) is 2.74. The molecular formula is C20H20N2O3S. The number of fused-ring (bicyclic) bond motifs is 1. The van der Waals surface area contributed by atoms with Crippen LogP contribution < -0.4 is 4.74 Å². The van der Waals surface area contributed by atoms with Gasteiger partial charge in [-0.2, -0.15) is 4.31 Å². The van der Waals surface area contributed by atoms with Gasteiger partial charge in [0.05, 0.1) is 11.4 Å². The van der Waals surface area contributed by atoms with Crippen LogP contribution >= 0.6 is 0 Å². The molecule has 4 rings (SSSR count). The standard InChI is InChI=1S/C20H20N2O3S/c1-15-9-10-20(21-13-15)25-17-11-12-22(14-17)26(23,24)19-8-4-6-16-5-2-3-7-18(16)19/h2-10,13,17H,11-12,14H2,1H3/t17-/m1/s1. The molecule has 0 N–H and O–H groups in total. The molecule has 0 bridgehead atoms. The number of ether oxygens (including phenoxy) is 1. The molecule has 0 spiro atoms. The van der Waals surface area contributed by atoms with E-state index in [0.29, 0.717) is 30.3 Å². The van der Waals surface area contributed by atoms with E-state index in [9.17, 15) is 8.42 Å². The van der Waals surface area contributed by atoms with Gasteiger partial charge in [-0.1, -0.05) is 42.5 Å². The maximum Gasteiger partial charge on any atom is 0.243 e. The summed E-state index contributed by atoms with van der Waals surface area (Å²) in [7, 11) is -3.56. The third kappa shape index (κ3) is 3.18. The average molecular weight is 368 g/mol. The molecule has 134 valence electrons. The fraction of sp³-hybridized carbons (Fsp3) is 0.250. The third-order valence-electron chi connectivity index (χ3n) is 4.65. The number of sulfonamides is 1. The number of hydrogen-bond donors (Lipinski definition) is 0. The van der Waals surface area contributed by atoms with Crippen molar-refractivity contribution in [3.05, 3.63) is 66.4 Å². The third-order valence-corrected chi connectivity index (χ3v) is 6.57. The Morgan fingerprint density at radius 3 is 2.69 bits per heavy atom. The van der Waals surface area contributed by atoms with Crippen LogP contribution in [0.5, 0.6) is 5.88 Å². The van der Waals surface area contributed by atoms with Gasteiger partial charge in [0, 0.05) is 24.2 Å². The number of aromatic nitrogens is 1. The van der Waals surface area contributed by atoms with Gasteiger partial charge in [0.15, 0.2) is 0 Å². The molecule has 1 aliphatic rings. The Balaban J connectivity index is 1.56. The molecule has 0 amide bonds. The smallest absolute Gasteiger partial charge is 0.243 e. The maximum atomic E-state index is 13.1. The molecule has 0 unspecified atom stereocenters. The van der Waals surface area contributed by atoms with E-state index < -0.39 is 10.0 Å². The number of nitrogens with zero attached hydrogens (tertiary/aromatic N) is 2. The van der Waals surface area contributed by atoms with Crippen LogP contribution in [0, 0.1) is 6.92 Å². The second-order valence-electron chi connectivity index (χ2n) is 6.54. The quantitative estimate of drug-likeness (QED) is 0.708. The molecule has 2 heterocycles. The Morgan fingerprint density at radius 1 is 1.08 bits per heavy atom. The molecule has 5 nitrogen and oxygen atoms in total. The summed E-state index contributed by atoms with van der Waals surface area (Å²) in [6, 6.07) is 16.7.